The van der Waals surface area contributed by atoms with Gasteiger partial charge in [-0.15, -0.1) is 0 Å². The van der Waals surface area contributed by atoms with Crippen molar-refractivity contribution in [2.75, 3.05) is 13.1 Å². The number of nitrogens with one attached hydrogen (secondary N) is 2. The number of rotatable bonds is 5. The molecule has 1 aliphatic carbocycles. The standard InChI is InChI=1S/C24H28F3N3O/c1-2-15-13-21(23(31)29-14-18-9-5-6-10-28-18)30-22-19(15)11-17(16-7-3-4-8-16)12-20(22)24(25,26)27/h2,11-13,16,18,28H,1,3-10,14H2,(H,29,31). The predicted molar refractivity (Wildman–Crippen MR) is 116 cm³/mol. The molecule has 2 aromatic rings. The summed E-state index contributed by atoms with van der Waals surface area (Å²) in [6.07, 6.45) is 3.98. The highest BCUT2D eigenvalue weighted by Gasteiger charge is 2.35. The molecule has 1 aromatic carbocycles. The molecule has 1 aliphatic heterocycles. The van der Waals surface area contributed by atoms with Gasteiger partial charge in [-0.1, -0.05) is 31.9 Å². The Morgan fingerprint density at radius 3 is 2.55 bits per heavy atom. The van der Waals surface area contributed by atoms with Crippen molar-refractivity contribution >= 4 is 22.9 Å². The summed E-state index contributed by atoms with van der Waals surface area (Å²) >= 11 is 0. The van der Waals surface area contributed by atoms with Crippen LogP contribution in [0.2, 0.25) is 0 Å². The van der Waals surface area contributed by atoms with Crippen LogP contribution in [0.25, 0.3) is 17.0 Å². The van der Waals surface area contributed by atoms with Crippen LogP contribution in [0.15, 0.2) is 24.8 Å². The van der Waals surface area contributed by atoms with E-state index in [2.05, 4.69) is 22.2 Å². The summed E-state index contributed by atoms with van der Waals surface area (Å²) in [4.78, 5) is 16.9. The fraction of sp³-hybridized carbons (Fsp3) is 0.500. The predicted octanol–water partition coefficient (Wildman–Crippen LogP) is 5.43. The van der Waals surface area contributed by atoms with Gasteiger partial charge in [0.2, 0.25) is 0 Å². The first-order chi connectivity index (χ1) is 14.9. The second kappa shape index (κ2) is 8.99. The molecule has 2 N–H and O–H groups in total. The van der Waals surface area contributed by atoms with Crippen LogP contribution >= 0.6 is 0 Å². The molecule has 1 amide bonds. The van der Waals surface area contributed by atoms with Crippen molar-refractivity contribution < 1.29 is 18.0 Å². The zero-order valence-corrected chi connectivity index (χ0v) is 17.5. The Morgan fingerprint density at radius 1 is 1.16 bits per heavy atom. The highest BCUT2D eigenvalue weighted by atomic mass is 19.4. The molecule has 7 heteroatoms. The minimum absolute atomic E-state index is 0.0164. The normalized spacial score (nSPS) is 20.2. The van der Waals surface area contributed by atoms with Gasteiger partial charge in [0.25, 0.3) is 5.91 Å². The molecule has 0 spiro atoms. The summed E-state index contributed by atoms with van der Waals surface area (Å²) in [6, 6.07) is 4.75. The minimum Gasteiger partial charge on any atom is -0.349 e. The lowest BCUT2D eigenvalue weighted by Crippen LogP contribution is -2.43. The molecule has 2 heterocycles. The number of carbonyl (C=O) groups excluding carboxylic acids is 1. The average molecular weight is 432 g/mol. The number of aromatic nitrogens is 1. The Hall–Kier alpha value is -2.41. The van der Waals surface area contributed by atoms with Gasteiger partial charge in [-0.05, 0) is 67.5 Å². The first-order valence-electron chi connectivity index (χ1n) is 11.1. The van der Waals surface area contributed by atoms with E-state index in [1.54, 1.807) is 6.07 Å². The number of nitrogens with zero attached hydrogens (tertiary/aromatic N) is 1. The van der Waals surface area contributed by atoms with Gasteiger partial charge >= 0.3 is 6.18 Å². The molecule has 4 nitrogen and oxygen atoms in total. The van der Waals surface area contributed by atoms with Gasteiger partial charge in [-0.2, -0.15) is 13.2 Å². The van der Waals surface area contributed by atoms with Gasteiger partial charge in [0.15, 0.2) is 0 Å². The van der Waals surface area contributed by atoms with Gasteiger partial charge in [0.05, 0.1) is 11.1 Å². The molecule has 1 saturated carbocycles. The number of benzene rings is 1. The third-order valence-corrected chi connectivity index (χ3v) is 6.47. The fourth-order valence-corrected chi connectivity index (χ4v) is 4.78. The molecule has 4 rings (SSSR count). The third-order valence-electron chi connectivity index (χ3n) is 6.47. The quantitative estimate of drug-likeness (QED) is 0.664. The maximum Gasteiger partial charge on any atom is 0.418 e. The summed E-state index contributed by atoms with van der Waals surface area (Å²) in [5.41, 5.74) is 0.211. The van der Waals surface area contributed by atoms with Crippen LogP contribution < -0.4 is 10.6 Å². The van der Waals surface area contributed by atoms with E-state index in [4.69, 9.17) is 0 Å². The molecule has 1 unspecified atom stereocenters. The topological polar surface area (TPSA) is 54.0 Å². The number of alkyl halides is 3. The van der Waals surface area contributed by atoms with Crippen LogP contribution in [0.4, 0.5) is 13.2 Å². The number of fused-ring (bicyclic) bond motifs is 1. The SMILES string of the molecule is C=Cc1cc(C(=O)NCC2CCCCN2)nc2c(C(F)(F)F)cc(C3CCCC3)cc12. The Kier molecular flexibility index (Phi) is 6.32. The van der Waals surface area contributed by atoms with Crippen molar-refractivity contribution in [1.29, 1.82) is 0 Å². The van der Waals surface area contributed by atoms with Crippen LogP contribution in [-0.2, 0) is 6.18 Å². The molecule has 166 valence electrons. The van der Waals surface area contributed by atoms with Crippen molar-refractivity contribution in [2.45, 2.75) is 63.1 Å². The average Bonchev–Trinajstić information content (AvgIpc) is 3.31. The summed E-state index contributed by atoms with van der Waals surface area (Å²) in [5.74, 6) is -0.334. The van der Waals surface area contributed by atoms with Crippen molar-refractivity contribution in [1.82, 2.24) is 15.6 Å². The number of carbonyl (C=O) groups is 1. The van der Waals surface area contributed by atoms with E-state index in [-0.39, 0.29) is 23.2 Å². The molecule has 1 aromatic heterocycles. The largest absolute Gasteiger partial charge is 0.418 e. The van der Waals surface area contributed by atoms with E-state index in [0.717, 1.165) is 51.5 Å². The highest BCUT2D eigenvalue weighted by Crippen LogP contribution is 2.41. The van der Waals surface area contributed by atoms with Gasteiger partial charge in [0.1, 0.15) is 5.69 Å². The Bertz CT molecular complexity index is 974. The first-order valence-corrected chi connectivity index (χ1v) is 11.1. The van der Waals surface area contributed by atoms with Crippen molar-refractivity contribution in [3.63, 3.8) is 0 Å². The van der Waals surface area contributed by atoms with E-state index in [1.807, 2.05) is 0 Å². The molecule has 31 heavy (non-hydrogen) atoms. The number of amides is 1. The smallest absolute Gasteiger partial charge is 0.349 e. The van der Waals surface area contributed by atoms with Crippen LogP contribution in [0.1, 0.15) is 78.0 Å². The summed E-state index contributed by atoms with van der Waals surface area (Å²) in [6.45, 7) is 5.10. The lowest BCUT2D eigenvalue weighted by atomic mass is 9.92. The fourth-order valence-electron chi connectivity index (χ4n) is 4.78. The van der Waals surface area contributed by atoms with E-state index in [9.17, 15) is 18.0 Å². The van der Waals surface area contributed by atoms with Crippen LogP contribution in [0.3, 0.4) is 0 Å². The second-order valence-electron chi connectivity index (χ2n) is 8.60. The number of pyridine rings is 1. The van der Waals surface area contributed by atoms with E-state index < -0.39 is 17.6 Å². The molecule has 2 aliphatic rings. The third kappa shape index (κ3) is 4.76. The maximum absolute atomic E-state index is 14.0. The zero-order chi connectivity index (χ0) is 22.0. The van der Waals surface area contributed by atoms with Crippen molar-refractivity contribution in [2.24, 2.45) is 0 Å². The molecule has 0 radical (unpaired) electrons. The van der Waals surface area contributed by atoms with Crippen LogP contribution in [-0.4, -0.2) is 30.0 Å². The van der Waals surface area contributed by atoms with E-state index in [0.29, 0.717) is 23.1 Å². The second-order valence-corrected chi connectivity index (χ2v) is 8.60. The van der Waals surface area contributed by atoms with Gasteiger partial charge in [-0.25, -0.2) is 4.98 Å². The van der Waals surface area contributed by atoms with Crippen molar-refractivity contribution in [3.05, 3.63) is 47.2 Å². The number of hydrogen-bond donors (Lipinski definition) is 2. The van der Waals surface area contributed by atoms with Crippen LogP contribution in [0, 0.1) is 0 Å². The molecular weight excluding hydrogens is 403 g/mol. The molecule has 1 saturated heterocycles. The maximum atomic E-state index is 14.0. The Morgan fingerprint density at radius 2 is 1.90 bits per heavy atom. The number of piperidine rings is 1. The van der Waals surface area contributed by atoms with Gasteiger partial charge in [0, 0.05) is 18.0 Å². The monoisotopic (exact) mass is 431 g/mol. The van der Waals surface area contributed by atoms with Crippen molar-refractivity contribution in [3.8, 4) is 0 Å². The Labute approximate surface area is 180 Å². The number of halogens is 3. The molecule has 1 atom stereocenters. The summed E-state index contributed by atoms with van der Waals surface area (Å²) in [5, 5.41) is 6.56. The van der Waals surface area contributed by atoms with E-state index >= 15 is 0 Å². The van der Waals surface area contributed by atoms with Gasteiger partial charge < -0.3 is 10.6 Å². The lowest BCUT2D eigenvalue weighted by molar-refractivity contribution is -0.136. The lowest BCUT2D eigenvalue weighted by Gasteiger charge is -2.23. The number of hydrogen-bond acceptors (Lipinski definition) is 3. The van der Waals surface area contributed by atoms with Crippen LogP contribution in [0.5, 0.6) is 0 Å². The molecule has 2 fully saturated rings. The van der Waals surface area contributed by atoms with Gasteiger partial charge in [-0.3, -0.25) is 4.79 Å². The van der Waals surface area contributed by atoms with E-state index in [1.165, 1.54) is 18.2 Å². The summed E-state index contributed by atoms with van der Waals surface area (Å²) in [7, 11) is 0. The zero-order valence-electron chi connectivity index (χ0n) is 17.5. The first kappa shape index (κ1) is 21.8. The highest BCUT2D eigenvalue weighted by molar-refractivity contribution is 5.99. The molecular formula is C24H28F3N3O. The molecule has 0 bridgehead atoms. The Balaban J connectivity index is 1.72. The summed E-state index contributed by atoms with van der Waals surface area (Å²) < 4.78 is 41.9. The minimum atomic E-state index is -4.56.